The molecule has 2 rings (SSSR count). The monoisotopic (exact) mass is 447 g/mol. The zero-order valence-corrected chi connectivity index (χ0v) is 19.4. The number of phenolic OH excluding ortho intramolecular Hbond substituents is 1. The smallest absolute Gasteiger partial charge is 0.224 e. The number of benzene rings is 2. The van der Waals surface area contributed by atoms with Crippen molar-refractivity contribution < 1.29 is 19.2 Å². The number of aromatic hydroxyl groups is 1. The van der Waals surface area contributed by atoms with Crippen molar-refractivity contribution >= 4 is 28.1 Å². The summed E-state index contributed by atoms with van der Waals surface area (Å²) >= 11 is 0. The number of aliphatic hydroxyl groups is 1. The molecule has 0 aliphatic heterocycles. The van der Waals surface area contributed by atoms with Gasteiger partial charge in [-0.3, -0.25) is 9.00 Å². The maximum Gasteiger partial charge on any atom is 0.224 e. The van der Waals surface area contributed by atoms with Crippen molar-refractivity contribution in [1.82, 2.24) is 5.32 Å². The topological polar surface area (TPSA) is 102 Å². The molecule has 4 N–H and O–H groups in total. The highest BCUT2D eigenvalue weighted by Crippen LogP contribution is 2.25. The van der Waals surface area contributed by atoms with Gasteiger partial charge in [-0.05, 0) is 55.3 Å². The Labute approximate surface area is 186 Å². The molecule has 0 saturated carbocycles. The van der Waals surface area contributed by atoms with Gasteiger partial charge >= 0.3 is 0 Å². The Morgan fingerprint density at radius 1 is 1.19 bits per heavy atom. The zero-order valence-electron chi connectivity index (χ0n) is 18.6. The third-order valence-electron chi connectivity index (χ3n) is 5.15. The van der Waals surface area contributed by atoms with E-state index in [4.69, 9.17) is 0 Å². The molecule has 3 unspecified atom stereocenters. The average molecular weight is 448 g/mol. The highest BCUT2D eigenvalue weighted by Gasteiger charge is 2.14. The van der Waals surface area contributed by atoms with Gasteiger partial charge in [0.2, 0.25) is 5.91 Å². The molecule has 0 aliphatic rings. The molecule has 1 amide bonds. The SMILES string of the molecule is CCC(=O)Nc1ccc(N(C)CCC(C)NCC(O)c2ccc(O)c(S(C)=O)c2)cc1. The summed E-state index contributed by atoms with van der Waals surface area (Å²) in [5.74, 6) is -0.0309. The fourth-order valence-electron chi connectivity index (χ4n) is 3.07. The summed E-state index contributed by atoms with van der Waals surface area (Å²) in [5, 5.41) is 26.4. The molecule has 170 valence electrons. The van der Waals surface area contributed by atoms with E-state index < -0.39 is 16.9 Å². The first-order chi connectivity index (χ1) is 14.7. The predicted octanol–water partition coefficient (Wildman–Crippen LogP) is 3.02. The van der Waals surface area contributed by atoms with E-state index >= 15 is 0 Å². The molecule has 0 bridgehead atoms. The Balaban J connectivity index is 1.81. The molecule has 2 aromatic carbocycles. The van der Waals surface area contributed by atoms with E-state index in [1.54, 1.807) is 12.1 Å². The highest BCUT2D eigenvalue weighted by atomic mass is 32.2. The molecule has 0 heterocycles. The molecule has 31 heavy (non-hydrogen) atoms. The summed E-state index contributed by atoms with van der Waals surface area (Å²) in [6.07, 6.45) is 2.07. The molecule has 3 atom stereocenters. The molecule has 0 saturated heterocycles. The van der Waals surface area contributed by atoms with Crippen LogP contribution in [-0.2, 0) is 15.6 Å². The highest BCUT2D eigenvalue weighted by molar-refractivity contribution is 7.84. The summed E-state index contributed by atoms with van der Waals surface area (Å²) in [4.78, 5) is 13.9. The Bertz CT molecular complexity index is 889. The van der Waals surface area contributed by atoms with Crippen molar-refractivity contribution in [2.75, 3.05) is 36.6 Å². The molecule has 0 fully saturated rings. The van der Waals surface area contributed by atoms with Crippen molar-refractivity contribution in [1.29, 1.82) is 0 Å². The van der Waals surface area contributed by atoms with Crippen LogP contribution in [-0.4, -0.2) is 52.8 Å². The van der Waals surface area contributed by atoms with Gasteiger partial charge in [-0.2, -0.15) is 0 Å². The van der Waals surface area contributed by atoms with Gasteiger partial charge in [0.15, 0.2) is 0 Å². The van der Waals surface area contributed by atoms with Gasteiger partial charge in [0.1, 0.15) is 5.75 Å². The molecule has 7 nitrogen and oxygen atoms in total. The molecule has 0 spiro atoms. The van der Waals surface area contributed by atoms with Crippen molar-refractivity contribution in [2.45, 2.75) is 43.7 Å². The van der Waals surface area contributed by atoms with Gasteiger partial charge in [-0.1, -0.05) is 13.0 Å². The van der Waals surface area contributed by atoms with Crippen molar-refractivity contribution in [3.8, 4) is 5.75 Å². The first-order valence-electron chi connectivity index (χ1n) is 10.4. The lowest BCUT2D eigenvalue weighted by atomic mass is 10.1. The zero-order chi connectivity index (χ0) is 23.0. The van der Waals surface area contributed by atoms with E-state index in [0.717, 1.165) is 24.3 Å². The quantitative estimate of drug-likeness (QED) is 0.422. The second kappa shape index (κ2) is 11.8. The first kappa shape index (κ1) is 24.8. The number of carbonyl (C=O) groups excluding carboxylic acids is 1. The van der Waals surface area contributed by atoms with Crippen LogP contribution in [0.2, 0.25) is 0 Å². The number of hydrogen-bond donors (Lipinski definition) is 4. The minimum Gasteiger partial charge on any atom is -0.507 e. The number of hydrogen-bond acceptors (Lipinski definition) is 6. The molecule has 2 aromatic rings. The van der Waals surface area contributed by atoms with Crippen LogP contribution in [0, 0.1) is 0 Å². The fourth-order valence-corrected chi connectivity index (χ4v) is 3.73. The number of nitrogens with zero attached hydrogens (tertiary/aromatic N) is 1. The Morgan fingerprint density at radius 3 is 2.48 bits per heavy atom. The number of carbonyl (C=O) groups is 1. The molecular weight excluding hydrogens is 414 g/mol. The summed E-state index contributed by atoms with van der Waals surface area (Å²) in [6, 6.07) is 12.6. The van der Waals surface area contributed by atoms with Crippen LogP contribution >= 0.6 is 0 Å². The predicted molar refractivity (Wildman–Crippen MR) is 126 cm³/mol. The fraction of sp³-hybridized carbons (Fsp3) is 0.435. The summed E-state index contributed by atoms with van der Waals surface area (Å²) < 4.78 is 11.7. The van der Waals surface area contributed by atoms with Gasteiger partial charge < -0.3 is 25.7 Å². The largest absolute Gasteiger partial charge is 0.507 e. The molecule has 0 aliphatic carbocycles. The Kier molecular flexibility index (Phi) is 9.48. The van der Waals surface area contributed by atoms with Crippen LogP contribution in [0.25, 0.3) is 0 Å². The second-order valence-corrected chi connectivity index (χ2v) is 9.01. The van der Waals surface area contributed by atoms with Gasteiger partial charge in [-0.15, -0.1) is 0 Å². The van der Waals surface area contributed by atoms with Gasteiger partial charge in [0.25, 0.3) is 0 Å². The van der Waals surface area contributed by atoms with Crippen LogP contribution in [0.5, 0.6) is 5.75 Å². The lowest BCUT2D eigenvalue weighted by molar-refractivity contribution is -0.115. The van der Waals surface area contributed by atoms with Gasteiger partial charge in [0, 0.05) is 50.2 Å². The van der Waals surface area contributed by atoms with Gasteiger partial charge in [-0.25, -0.2) is 0 Å². The maximum absolute atomic E-state index is 11.7. The molecule has 0 aromatic heterocycles. The molecular formula is C23H33N3O4S. The minimum atomic E-state index is -1.32. The number of phenols is 1. The van der Waals surface area contributed by atoms with E-state index in [9.17, 15) is 19.2 Å². The van der Waals surface area contributed by atoms with E-state index in [-0.39, 0.29) is 17.7 Å². The number of nitrogens with one attached hydrogen (secondary N) is 2. The Hall–Kier alpha value is -2.42. The van der Waals surface area contributed by atoms with Crippen molar-refractivity contribution in [3.05, 3.63) is 48.0 Å². The lowest BCUT2D eigenvalue weighted by Crippen LogP contribution is -2.33. The van der Waals surface area contributed by atoms with E-state index in [1.165, 1.54) is 12.3 Å². The summed E-state index contributed by atoms with van der Waals surface area (Å²) in [6.45, 7) is 5.06. The van der Waals surface area contributed by atoms with Crippen LogP contribution in [0.4, 0.5) is 11.4 Å². The second-order valence-electron chi connectivity index (χ2n) is 7.67. The lowest BCUT2D eigenvalue weighted by Gasteiger charge is -2.23. The molecule has 8 heteroatoms. The molecule has 0 radical (unpaired) electrons. The summed E-state index contributed by atoms with van der Waals surface area (Å²) in [5.41, 5.74) is 2.47. The van der Waals surface area contributed by atoms with Crippen LogP contribution in [0.15, 0.2) is 47.4 Å². The minimum absolute atomic E-state index is 0.00493. The maximum atomic E-state index is 11.7. The van der Waals surface area contributed by atoms with E-state index in [0.29, 0.717) is 23.4 Å². The first-order valence-corrected chi connectivity index (χ1v) is 12.0. The van der Waals surface area contributed by atoms with E-state index in [1.807, 2.05) is 38.2 Å². The third kappa shape index (κ3) is 7.65. The summed E-state index contributed by atoms with van der Waals surface area (Å²) in [7, 11) is 0.698. The van der Waals surface area contributed by atoms with Crippen molar-refractivity contribution in [2.24, 2.45) is 0 Å². The van der Waals surface area contributed by atoms with Crippen molar-refractivity contribution in [3.63, 3.8) is 0 Å². The van der Waals surface area contributed by atoms with Crippen LogP contribution in [0.3, 0.4) is 0 Å². The standard InChI is InChI=1S/C23H33N3O4S/c1-5-23(29)25-18-7-9-19(10-8-18)26(3)13-12-16(2)24-15-21(28)17-6-11-20(27)22(14-17)31(4)30/h6-11,14,16,21,24,27-28H,5,12-13,15H2,1-4H3,(H,25,29). The normalized spacial score (nSPS) is 14.0. The van der Waals surface area contributed by atoms with Crippen LogP contribution in [0.1, 0.15) is 38.4 Å². The average Bonchev–Trinajstić information content (AvgIpc) is 2.76. The van der Waals surface area contributed by atoms with Crippen LogP contribution < -0.4 is 15.5 Å². The number of aliphatic hydroxyl groups excluding tert-OH is 1. The third-order valence-corrected chi connectivity index (χ3v) is 6.09. The van der Waals surface area contributed by atoms with E-state index in [2.05, 4.69) is 22.5 Å². The number of amides is 1. The number of anilines is 2. The van der Waals surface area contributed by atoms with Gasteiger partial charge in [0.05, 0.1) is 21.8 Å². The Morgan fingerprint density at radius 2 is 1.87 bits per heavy atom. The number of rotatable bonds is 11.